The Kier molecular flexibility index (Phi) is 4.61. The van der Waals surface area contributed by atoms with Crippen LogP contribution < -0.4 is 10.9 Å². The number of aromatic nitrogens is 3. The molecule has 3 aromatic rings. The molecule has 2 aromatic heterocycles. The van der Waals surface area contributed by atoms with E-state index in [1.54, 1.807) is 16.8 Å². The molecule has 7 nitrogen and oxygen atoms in total. The molecular formula is C19H15ClFN5O2. The van der Waals surface area contributed by atoms with Gasteiger partial charge in [0.1, 0.15) is 17.0 Å². The zero-order chi connectivity index (χ0) is 19.8. The molecule has 0 spiro atoms. The minimum absolute atomic E-state index is 0.0116. The van der Waals surface area contributed by atoms with Gasteiger partial charge in [-0.05, 0) is 30.7 Å². The normalized spacial score (nSPS) is 19.5. The summed E-state index contributed by atoms with van der Waals surface area (Å²) >= 11 is 5.72. The topological polar surface area (TPSA) is 104 Å². The summed E-state index contributed by atoms with van der Waals surface area (Å²) in [5.74, 6) is -0.830. The van der Waals surface area contributed by atoms with E-state index in [0.29, 0.717) is 29.4 Å². The van der Waals surface area contributed by atoms with E-state index in [1.165, 1.54) is 18.3 Å². The third kappa shape index (κ3) is 3.14. The van der Waals surface area contributed by atoms with E-state index in [1.807, 2.05) is 0 Å². The molecule has 9 heteroatoms. The molecule has 1 aliphatic rings. The number of carbonyl (C=O) groups is 1. The number of hydrogen-bond acceptors (Lipinski definition) is 5. The van der Waals surface area contributed by atoms with Crippen LogP contribution in [-0.4, -0.2) is 20.5 Å². The van der Waals surface area contributed by atoms with E-state index >= 15 is 0 Å². The van der Waals surface area contributed by atoms with Crippen molar-refractivity contribution in [1.29, 1.82) is 5.26 Å². The van der Waals surface area contributed by atoms with E-state index in [0.717, 1.165) is 0 Å². The Morgan fingerprint density at radius 2 is 2.18 bits per heavy atom. The van der Waals surface area contributed by atoms with E-state index in [2.05, 4.69) is 21.5 Å². The third-order valence-electron chi connectivity index (χ3n) is 4.92. The zero-order valence-electron chi connectivity index (χ0n) is 14.6. The molecular weight excluding hydrogens is 385 g/mol. The second-order valence-electron chi connectivity index (χ2n) is 6.70. The molecule has 1 fully saturated rings. The van der Waals surface area contributed by atoms with Gasteiger partial charge in [-0.3, -0.25) is 14.3 Å². The van der Waals surface area contributed by atoms with Crippen LogP contribution in [0.2, 0.25) is 5.02 Å². The number of rotatable bonds is 3. The number of fused-ring (bicyclic) bond motifs is 1. The summed E-state index contributed by atoms with van der Waals surface area (Å²) < 4.78 is 15.4. The van der Waals surface area contributed by atoms with E-state index in [-0.39, 0.29) is 34.6 Å². The lowest BCUT2D eigenvalue weighted by Crippen LogP contribution is -2.27. The maximum absolute atomic E-state index is 13.8. The first-order chi connectivity index (χ1) is 13.5. The number of halogens is 2. The van der Waals surface area contributed by atoms with Gasteiger partial charge in [-0.15, -0.1) is 0 Å². The van der Waals surface area contributed by atoms with Gasteiger partial charge in [0, 0.05) is 24.7 Å². The average Bonchev–Trinajstić information content (AvgIpc) is 3.04. The highest BCUT2D eigenvalue weighted by atomic mass is 35.5. The van der Waals surface area contributed by atoms with Crippen LogP contribution in [0.5, 0.6) is 0 Å². The fourth-order valence-corrected chi connectivity index (χ4v) is 3.69. The Balaban J connectivity index is 1.82. The molecule has 1 aromatic carbocycles. The average molecular weight is 400 g/mol. The maximum Gasteiger partial charge on any atom is 0.261 e. The fraction of sp³-hybridized carbons (Fsp3) is 0.263. The van der Waals surface area contributed by atoms with Crippen molar-refractivity contribution in [2.75, 3.05) is 5.32 Å². The van der Waals surface area contributed by atoms with Crippen molar-refractivity contribution in [3.05, 3.63) is 51.7 Å². The van der Waals surface area contributed by atoms with Gasteiger partial charge in [0.15, 0.2) is 5.82 Å². The van der Waals surface area contributed by atoms with Crippen LogP contribution in [0.25, 0.3) is 10.9 Å². The second-order valence-corrected chi connectivity index (χ2v) is 7.11. The molecule has 0 saturated heterocycles. The summed E-state index contributed by atoms with van der Waals surface area (Å²) in [7, 11) is 0. The lowest BCUT2D eigenvalue weighted by atomic mass is 9.84. The number of pyridine rings is 1. The Morgan fingerprint density at radius 1 is 1.36 bits per heavy atom. The van der Waals surface area contributed by atoms with Crippen LogP contribution in [-0.2, 0) is 4.79 Å². The minimum atomic E-state index is -0.598. The van der Waals surface area contributed by atoms with Gasteiger partial charge in [-0.2, -0.15) is 10.4 Å². The summed E-state index contributed by atoms with van der Waals surface area (Å²) in [6, 6.07) is 7.74. The number of carbonyl (C=O) groups excluding carboxylic acids is 1. The molecule has 1 saturated carbocycles. The number of Topliss-reactive ketones (excluding diaryl/α,β-unsaturated/α-hetero) is 1. The molecule has 0 amide bonds. The Morgan fingerprint density at radius 3 is 2.93 bits per heavy atom. The van der Waals surface area contributed by atoms with Gasteiger partial charge in [-0.1, -0.05) is 11.6 Å². The van der Waals surface area contributed by atoms with Gasteiger partial charge in [0.2, 0.25) is 0 Å². The fourth-order valence-electron chi connectivity index (χ4n) is 3.57. The van der Waals surface area contributed by atoms with Crippen molar-refractivity contribution in [1.82, 2.24) is 14.8 Å². The molecule has 142 valence electrons. The molecule has 0 bridgehead atoms. The summed E-state index contributed by atoms with van der Waals surface area (Å²) in [6.45, 7) is 0. The first kappa shape index (κ1) is 18.2. The number of nitrogens with one attached hydrogen (secondary N) is 2. The standard InChI is InChI=1S/C19H15ClFN5O2/c20-13-3-1-11(8-14(13)21)24-18-17-16(5-6-23-19(17)28)26(25-18)15-4-2-12(27)7-10(15)9-22/h1,3,5-6,8,10,15H,2,4,7H2,(H,23,28)(H,24,25)/t10-,15+/m1/s1. The van der Waals surface area contributed by atoms with E-state index in [9.17, 15) is 19.2 Å². The molecule has 28 heavy (non-hydrogen) atoms. The van der Waals surface area contributed by atoms with Gasteiger partial charge < -0.3 is 10.3 Å². The highest BCUT2D eigenvalue weighted by Crippen LogP contribution is 2.35. The van der Waals surface area contributed by atoms with Crippen molar-refractivity contribution in [3.63, 3.8) is 0 Å². The first-order valence-electron chi connectivity index (χ1n) is 8.71. The van der Waals surface area contributed by atoms with Crippen LogP contribution in [0.3, 0.4) is 0 Å². The summed E-state index contributed by atoms with van der Waals surface area (Å²) in [6.07, 6.45) is 2.50. The quantitative estimate of drug-likeness (QED) is 0.699. The molecule has 2 heterocycles. The highest BCUT2D eigenvalue weighted by Gasteiger charge is 2.33. The molecule has 4 rings (SSSR count). The van der Waals surface area contributed by atoms with Crippen LogP contribution in [0.1, 0.15) is 25.3 Å². The van der Waals surface area contributed by atoms with Crippen LogP contribution in [0.15, 0.2) is 35.3 Å². The number of nitriles is 1. The van der Waals surface area contributed by atoms with Crippen molar-refractivity contribution >= 4 is 39.8 Å². The molecule has 1 aliphatic carbocycles. The molecule has 2 atom stereocenters. The first-order valence-corrected chi connectivity index (χ1v) is 9.09. The summed E-state index contributed by atoms with van der Waals surface area (Å²) in [5.41, 5.74) is 0.564. The third-order valence-corrected chi connectivity index (χ3v) is 5.23. The number of hydrogen-bond donors (Lipinski definition) is 2. The predicted octanol–water partition coefficient (Wildman–Crippen LogP) is 3.69. The number of nitrogens with zero attached hydrogens (tertiary/aromatic N) is 3. The summed E-state index contributed by atoms with van der Waals surface area (Å²) in [4.78, 5) is 26.8. The smallest absolute Gasteiger partial charge is 0.261 e. The molecule has 0 radical (unpaired) electrons. The SMILES string of the molecule is N#C[C@H]1CC(=O)CC[C@@H]1n1nc(Nc2ccc(Cl)c(F)c2)c2c(=O)[nH]ccc21. The van der Waals surface area contributed by atoms with E-state index in [4.69, 9.17) is 11.6 Å². The Bertz CT molecular complexity index is 1180. The second kappa shape index (κ2) is 7.09. The molecule has 2 N–H and O–H groups in total. The van der Waals surface area contributed by atoms with Crippen molar-refractivity contribution < 1.29 is 9.18 Å². The molecule has 0 unspecified atom stereocenters. The van der Waals surface area contributed by atoms with Crippen molar-refractivity contribution in [3.8, 4) is 6.07 Å². The number of anilines is 2. The van der Waals surface area contributed by atoms with Gasteiger partial charge in [0.05, 0.1) is 28.6 Å². The van der Waals surface area contributed by atoms with E-state index < -0.39 is 11.7 Å². The predicted molar refractivity (Wildman–Crippen MR) is 102 cm³/mol. The van der Waals surface area contributed by atoms with Gasteiger partial charge >= 0.3 is 0 Å². The Labute approximate surface area is 163 Å². The zero-order valence-corrected chi connectivity index (χ0v) is 15.3. The largest absolute Gasteiger partial charge is 0.338 e. The van der Waals surface area contributed by atoms with Crippen LogP contribution in [0.4, 0.5) is 15.9 Å². The monoisotopic (exact) mass is 399 g/mol. The maximum atomic E-state index is 13.8. The minimum Gasteiger partial charge on any atom is -0.338 e. The number of benzene rings is 1. The number of aromatic amines is 1. The van der Waals surface area contributed by atoms with Crippen molar-refractivity contribution in [2.24, 2.45) is 5.92 Å². The van der Waals surface area contributed by atoms with Gasteiger partial charge in [-0.25, -0.2) is 4.39 Å². The number of ketones is 1. The van der Waals surface area contributed by atoms with Crippen LogP contribution in [0, 0.1) is 23.1 Å². The highest BCUT2D eigenvalue weighted by molar-refractivity contribution is 6.30. The lowest BCUT2D eigenvalue weighted by Gasteiger charge is -2.26. The lowest BCUT2D eigenvalue weighted by molar-refractivity contribution is -0.121. The summed E-state index contributed by atoms with van der Waals surface area (Å²) in [5, 5.41) is 17.2. The number of H-pyrrole nitrogens is 1. The van der Waals surface area contributed by atoms with Gasteiger partial charge in [0.25, 0.3) is 5.56 Å². The molecule has 0 aliphatic heterocycles. The Hall–Kier alpha value is -3.18. The van der Waals surface area contributed by atoms with Crippen molar-refractivity contribution in [2.45, 2.75) is 25.3 Å². The van der Waals surface area contributed by atoms with Crippen LogP contribution >= 0.6 is 11.6 Å².